The predicted molar refractivity (Wildman–Crippen MR) is 61.7 cm³/mol. The summed E-state index contributed by atoms with van der Waals surface area (Å²) < 4.78 is 5.08. The highest BCUT2D eigenvalue weighted by Gasteiger charge is 2.13. The van der Waals surface area contributed by atoms with E-state index in [-0.39, 0.29) is 17.7 Å². The molecule has 0 aliphatic heterocycles. The maximum atomic E-state index is 11.8. The molecule has 2 heterocycles. The van der Waals surface area contributed by atoms with Gasteiger partial charge in [0.25, 0.3) is 11.5 Å². The monoisotopic (exact) mass is 232 g/mol. The van der Waals surface area contributed by atoms with Gasteiger partial charge >= 0.3 is 0 Å². The van der Waals surface area contributed by atoms with Crippen LogP contribution >= 0.6 is 0 Å². The fourth-order valence-electron chi connectivity index (χ4n) is 1.53. The number of hydrogen-bond donors (Lipinski definition) is 2. The van der Waals surface area contributed by atoms with Crippen molar-refractivity contribution in [2.45, 2.75) is 13.5 Å². The molecule has 88 valence electrons. The maximum absolute atomic E-state index is 11.8. The van der Waals surface area contributed by atoms with Gasteiger partial charge in [0.15, 0.2) is 0 Å². The van der Waals surface area contributed by atoms with E-state index in [1.54, 1.807) is 25.1 Å². The molecule has 0 atom stereocenters. The van der Waals surface area contributed by atoms with Crippen molar-refractivity contribution in [2.24, 2.45) is 0 Å². The third kappa shape index (κ3) is 2.44. The van der Waals surface area contributed by atoms with Gasteiger partial charge in [0.1, 0.15) is 11.3 Å². The smallest absolute Gasteiger partial charge is 0.261 e. The number of pyridine rings is 1. The van der Waals surface area contributed by atoms with Gasteiger partial charge in [-0.15, -0.1) is 0 Å². The summed E-state index contributed by atoms with van der Waals surface area (Å²) in [4.78, 5) is 25.8. The summed E-state index contributed by atoms with van der Waals surface area (Å²) >= 11 is 0. The fraction of sp³-hybridized carbons (Fsp3) is 0.167. The van der Waals surface area contributed by atoms with E-state index in [1.165, 1.54) is 12.5 Å². The minimum Gasteiger partial charge on any atom is -0.467 e. The van der Waals surface area contributed by atoms with Crippen molar-refractivity contribution in [3.63, 3.8) is 0 Å². The number of H-pyrrole nitrogens is 1. The van der Waals surface area contributed by atoms with Gasteiger partial charge in [-0.05, 0) is 30.7 Å². The number of nitrogens with one attached hydrogen (secondary N) is 2. The maximum Gasteiger partial charge on any atom is 0.261 e. The van der Waals surface area contributed by atoms with Crippen LogP contribution < -0.4 is 10.9 Å². The van der Waals surface area contributed by atoms with Gasteiger partial charge in [-0.2, -0.15) is 0 Å². The van der Waals surface area contributed by atoms with Crippen molar-refractivity contribution in [1.29, 1.82) is 0 Å². The lowest BCUT2D eigenvalue weighted by Gasteiger charge is -2.04. The standard InChI is InChI=1S/C12H12N2O3/c1-8-4-5-13-11(15)10(8)12(16)14-7-9-3-2-6-17-9/h2-6H,7H2,1H3,(H,13,15)(H,14,16). The summed E-state index contributed by atoms with van der Waals surface area (Å²) in [5, 5.41) is 2.63. The molecule has 0 unspecified atom stereocenters. The molecule has 0 aliphatic rings. The molecule has 5 nitrogen and oxygen atoms in total. The quantitative estimate of drug-likeness (QED) is 0.835. The molecule has 0 radical (unpaired) electrons. The topological polar surface area (TPSA) is 75.1 Å². The van der Waals surface area contributed by atoms with E-state index >= 15 is 0 Å². The van der Waals surface area contributed by atoms with Gasteiger partial charge in [0.05, 0.1) is 12.8 Å². The number of carbonyl (C=O) groups is 1. The Labute approximate surface area is 97.5 Å². The number of hydrogen-bond acceptors (Lipinski definition) is 3. The highest BCUT2D eigenvalue weighted by Crippen LogP contribution is 2.02. The van der Waals surface area contributed by atoms with Crippen molar-refractivity contribution < 1.29 is 9.21 Å². The molecule has 0 aromatic carbocycles. The summed E-state index contributed by atoms with van der Waals surface area (Å²) in [5.41, 5.74) is 0.395. The van der Waals surface area contributed by atoms with Crippen molar-refractivity contribution in [3.05, 3.63) is 57.9 Å². The van der Waals surface area contributed by atoms with Gasteiger partial charge in [0.2, 0.25) is 0 Å². The molecule has 5 heteroatoms. The fourth-order valence-corrected chi connectivity index (χ4v) is 1.53. The molecule has 1 amide bonds. The Balaban J connectivity index is 2.13. The number of aromatic amines is 1. The molecule has 17 heavy (non-hydrogen) atoms. The number of furan rings is 1. The zero-order valence-corrected chi connectivity index (χ0v) is 9.32. The van der Waals surface area contributed by atoms with Crippen LogP contribution in [0.15, 0.2) is 39.9 Å². The van der Waals surface area contributed by atoms with Gasteiger partial charge < -0.3 is 14.7 Å². The molecule has 0 saturated carbocycles. The van der Waals surface area contributed by atoms with Crippen molar-refractivity contribution >= 4 is 5.91 Å². The van der Waals surface area contributed by atoms with Crippen LogP contribution in [0.3, 0.4) is 0 Å². The Bertz CT molecular complexity index is 570. The third-order valence-electron chi connectivity index (χ3n) is 2.40. The van der Waals surface area contributed by atoms with E-state index in [4.69, 9.17) is 4.42 Å². The lowest BCUT2D eigenvalue weighted by Crippen LogP contribution is -2.30. The van der Waals surface area contributed by atoms with E-state index in [9.17, 15) is 9.59 Å². The second-order valence-electron chi connectivity index (χ2n) is 3.63. The lowest BCUT2D eigenvalue weighted by molar-refractivity contribution is 0.0946. The van der Waals surface area contributed by atoms with Crippen LogP contribution in [0.4, 0.5) is 0 Å². The average molecular weight is 232 g/mol. The molecule has 2 aromatic rings. The number of amides is 1. The molecular formula is C12H12N2O3. The zero-order chi connectivity index (χ0) is 12.3. The summed E-state index contributed by atoms with van der Waals surface area (Å²) in [5.74, 6) is 0.240. The Kier molecular flexibility index (Phi) is 3.09. The predicted octanol–water partition coefficient (Wildman–Crippen LogP) is 1.21. The van der Waals surface area contributed by atoms with Gasteiger partial charge in [0, 0.05) is 6.20 Å². The summed E-state index contributed by atoms with van der Waals surface area (Å²) in [7, 11) is 0. The number of rotatable bonds is 3. The van der Waals surface area contributed by atoms with Crippen LogP contribution in [0.5, 0.6) is 0 Å². The molecule has 0 saturated heterocycles. The SMILES string of the molecule is Cc1cc[nH]c(=O)c1C(=O)NCc1ccco1. The van der Waals surface area contributed by atoms with Crippen LogP contribution in [0.1, 0.15) is 21.7 Å². The van der Waals surface area contributed by atoms with Gasteiger partial charge in [-0.3, -0.25) is 9.59 Å². The van der Waals surface area contributed by atoms with Gasteiger partial charge in [-0.1, -0.05) is 0 Å². The Hall–Kier alpha value is -2.30. The molecular weight excluding hydrogens is 220 g/mol. The molecule has 2 N–H and O–H groups in total. The van der Waals surface area contributed by atoms with Gasteiger partial charge in [-0.25, -0.2) is 0 Å². The van der Waals surface area contributed by atoms with E-state index in [0.717, 1.165) is 0 Å². The summed E-state index contributed by atoms with van der Waals surface area (Å²) in [6.45, 7) is 1.98. The first-order chi connectivity index (χ1) is 8.18. The lowest BCUT2D eigenvalue weighted by atomic mass is 10.1. The Morgan fingerprint density at radius 2 is 2.29 bits per heavy atom. The summed E-state index contributed by atoms with van der Waals surface area (Å²) in [6, 6.07) is 5.17. The zero-order valence-electron chi connectivity index (χ0n) is 9.32. The average Bonchev–Trinajstić information content (AvgIpc) is 2.79. The minimum atomic E-state index is -0.402. The van der Waals surface area contributed by atoms with Crippen molar-refractivity contribution in [1.82, 2.24) is 10.3 Å². The molecule has 0 fully saturated rings. The first-order valence-electron chi connectivity index (χ1n) is 5.17. The van der Waals surface area contributed by atoms with E-state index in [0.29, 0.717) is 11.3 Å². The van der Waals surface area contributed by atoms with E-state index < -0.39 is 5.91 Å². The Morgan fingerprint density at radius 3 is 2.94 bits per heavy atom. The molecule has 0 spiro atoms. The third-order valence-corrected chi connectivity index (χ3v) is 2.40. The number of carbonyl (C=O) groups excluding carboxylic acids is 1. The molecule has 2 aromatic heterocycles. The normalized spacial score (nSPS) is 10.2. The van der Waals surface area contributed by atoms with Crippen LogP contribution in [-0.2, 0) is 6.54 Å². The number of aromatic nitrogens is 1. The molecule has 0 bridgehead atoms. The summed E-state index contributed by atoms with van der Waals surface area (Å²) in [6.07, 6.45) is 3.04. The first kappa shape index (κ1) is 11.2. The second kappa shape index (κ2) is 4.69. The van der Waals surface area contributed by atoms with Crippen LogP contribution in [0.25, 0.3) is 0 Å². The van der Waals surface area contributed by atoms with Crippen LogP contribution in [0.2, 0.25) is 0 Å². The highest BCUT2D eigenvalue weighted by atomic mass is 16.3. The van der Waals surface area contributed by atoms with E-state index in [2.05, 4.69) is 10.3 Å². The largest absolute Gasteiger partial charge is 0.467 e. The van der Waals surface area contributed by atoms with Crippen LogP contribution in [0, 0.1) is 6.92 Å². The second-order valence-corrected chi connectivity index (χ2v) is 3.63. The Morgan fingerprint density at radius 1 is 1.47 bits per heavy atom. The minimum absolute atomic E-state index is 0.138. The molecule has 0 aliphatic carbocycles. The van der Waals surface area contributed by atoms with E-state index in [1.807, 2.05) is 0 Å². The molecule has 2 rings (SSSR count). The van der Waals surface area contributed by atoms with Crippen molar-refractivity contribution in [3.8, 4) is 0 Å². The number of aryl methyl sites for hydroxylation is 1. The van der Waals surface area contributed by atoms with Crippen molar-refractivity contribution in [2.75, 3.05) is 0 Å². The van der Waals surface area contributed by atoms with Crippen LogP contribution in [-0.4, -0.2) is 10.9 Å². The first-order valence-corrected chi connectivity index (χ1v) is 5.17. The highest BCUT2D eigenvalue weighted by molar-refractivity contribution is 5.95.